The van der Waals surface area contributed by atoms with E-state index in [1.807, 2.05) is 0 Å². The normalized spacial score (nSPS) is 53.1. The van der Waals surface area contributed by atoms with E-state index in [0.717, 1.165) is 6.42 Å². The average Bonchev–Trinajstić information content (AvgIpc) is 3.76. The zero-order valence-corrected chi connectivity index (χ0v) is 31.0. The van der Waals surface area contributed by atoms with Gasteiger partial charge in [0.25, 0.3) is 0 Å². The van der Waals surface area contributed by atoms with Gasteiger partial charge in [0, 0.05) is 5.25 Å². The van der Waals surface area contributed by atoms with Gasteiger partial charge in [0.05, 0.1) is 34.8 Å². The zero-order valence-electron chi connectivity index (χ0n) is 27.3. The van der Waals surface area contributed by atoms with Crippen LogP contribution in [0.3, 0.4) is 0 Å². The minimum absolute atomic E-state index is 0. The largest absolute Gasteiger partial charge is 2.00 e. The quantitative estimate of drug-likeness (QED) is 0.159. The van der Waals surface area contributed by atoms with Gasteiger partial charge in [0.2, 0.25) is 0 Å². The van der Waals surface area contributed by atoms with Crippen LogP contribution in [0.15, 0.2) is 0 Å². The second-order valence-electron chi connectivity index (χ2n) is 16.1. The van der Waals surface area contributed by atoms with Crippen LogP contribution in [-0.4, -0.2) is 67.5 Å². The molecule has 0 aromatic rings. The second kappa shape index (κ2) is 14.3. The van der Waals surface area contributed by atoms with Crippen molar-refractivity contribution >= 4 is 10.1 Å². The van der Waals surface area contributed by atoms with Crippen molar-refractivity contribution in [3.05, 3.63) is 10.6 Å². The van der Waals surface area contributed by atoms with Crippen LogP contribution in [0.5, 0.6) is 0 Å². The molecule has 17 unspecified atom stereocenters. The van der Waals surface area contributed by atoms with Crippen LogP contribution in [0.2, 0.25) is 0 Å². The zero-order chi connectivity index (χ0) is 29.6. The third-order valence-electron chi connectivity index (χ3n) is 14.0. The molecular weight excluding hydrogens is 663 g/mol. The molecule has 11 nitrogen and oxygen atoms in total. The van der Waals surface area contributed by atoms with Crippen molar-refractivity contribution in [2.75, 3.05) is 0 Å². The number of nitrogens with zero attached hydrogens (tertiary/aromatic N) is 2. The molecule has 6 N–H and O–H groups in total. The first-order valence-corrected chi connectivity index (χ1v) is 19.8. The van der Waals surface area contributed by atoms with Gasteiger partial charge in [-0.25, -0.2) is 8.42 Å². The average molecular weight is 716 g/mol. The molecule has 0 spiro atoms. The monoisotopic (exact) mass is 715 g/mol. The first-order valence-electron chi connectivity index (χ1n) is 18.3. The molecule has 9 fully saturated rings. The number of hydrogen-bond acceptors (Lipinski definition) is 9. The van der Waals surface area contributed by atoms with Crippen LogP contribution in [0.4, 0.5) is 0 Å². The third-order valence-corrected chi connectivity index (χ3v) is 15.3. The molecule has 0 aromatic heterocycles. The molecule has 257 valence electrons. The predicted molar refractivity (Wildman–Crippen MR) is 166 cm³/mol. The van der Waals surface area contributed by atoms with Crippen LogP contribution >= 0.6 is 0 Å². The molecule has 5 aliphatic heterocycles. The third kappa shape index (κ3) is 6.40. The van der Waals surface area contributed by atoms with E-state index in [-0.39, 0.29) is 102 Å². The molecule has 0 amide bonds. The van der Waals surface area contributed by atoms with Crippen LogP contribution in [0.25, 0.3) is 10.6 Å². The van der Waals surface area contributed by atoms with Crippen molar-refractivity contribution in [2.45, 2.75) is 151 Å². The molecule has 14 heteroatoms. The summed E-state index contributed by atoms with van der Waals surface area (Å²) < 4.78 is 36.6. The van der Waals surface area contributed by atoms with Gasteiger partial charge in [-0.3, -0.25) is 16.0 Å². The van der Waals surface area contributed by atoms with E-state index in [9.17, 15) is 13.0 Å². The van der Waals surface area contributed by atoms with Crippen molar-refractivity contribution in [3.8, 4) is 0 Å². The predicted octanol–water partition coefficient (Wildman–Crippen LogP) is -0.301. The Morgan fingerprint density at radius 3 is 1.24 bits per heavy atom. The maximum Gasteiger partial charge on any atom is 2.00 e. The Balaban J connectivity index is 0.00000169. The van der Waals surface area contributed by atoms with Crippen molar-refractivity contribution in [3.63, 3.8) is 0 Å². The van der Waals surface area contributed by atoms with Gasteiger partial charge in [0.15, 0.2) is 0 Å². The van der Waals surface area contributed by atoms with Gasteiger partial charge >= 0.3 is 46.6 Å². The van der Waals surface area contributed by atoms with E-state index in [4.69, 9.17) is 10.6 Å². The number of rotatable bonds is 1. The summed E-state index contributed by atoms with van der Waals surface area (Å²) in [7, 11) is -4.33. The van der Waals surface area contributed by atoms with Crippen LogP contribution < -0.4 is 61.5 Å². The van der Waals surface area contributed by atoms with Gasteiger partial charge in [-0.2, -0.15) is 0 Å². The molecule has 9 aliphatic rings. The van der Waals surface area contributed by atoms with E-state index in [1.54, 1.807) is 0 Å². The smallest absolute Gasteiger partial charge is 0.748 e. The summed E-state index contributed by atoms with van der Waals surface area (Å²) in [5.41, 5.74) is 0. The Labute approximate surface area is 308 Å². The molecule has 17 atom stereocenters. The Hall–Kier alpha value is 1.11. The summed E-state index contributed by atoms with van der Waals surface area (Å²) in [6.07, 6.45) is 17.7. The number of fused-ring (bicyclic) bond motifs is 20. The Kier molecular flexibility index (Phi) is 11.0. The summed E-state index contributed by atoms with van der Waals surface area (Å²) in [4.78, 5) is 0. The molecule has 5 saturated heterocycles. The standard InChI is InChI=1S/C32H54N8O3S.Cu.Na/c41-44(42,43)16-13-14-23-24(15-16)32-39-30-22-12-6-5-11-21(22)28(37-30)35-26-18-8-2-1-7-17(18)25(33-26)34-27-19-9-3-4-10-20(19)29(36-27)38-31(23)40-32;;/h16-36,38-39H,1-15H2,(H,41,42,43);;/q-2;+2;+1/p-1. The fourth-order valence-corrected chi connectivity index (χ4v) is 12.9. The summed E-state index contributed by atoms with van der Waals surface area (Å²) in [5, 5.41) is 34.4. The first kappa shape index (κ1) is 35.5. The van der Waals surface area contributed by atoms with Gasteiger partial charge in [0.1, 0.15) is 0 Å². The van der Waals surface area contributed by atoms with E-state index < -0.39 is 15.4 Å². The van der Waals surface area contributed by atoms with E-state index >= 15 is 0 Å². The van der Waals surface area contributed by atoms with E-state index in [0.29, 0.717) is 54.5 Å². The first-order chi connectivity index (χ1) is 21.4. The minimum atomic E-state index is -4.33. The Morgan fingerprint density at radius 2 is 0.804 bits per heavy atom. The maximum absolute atomic E-state index is 12.2. The van der Waals surface area contributed by atoms with Gasteiger partial charge < -0.3 is 31.1 Å². The summed E-state index contributed by atoms with van der Waals surface area (Å²) in [5.74, 6) is 3.67. The molecule has 5 heterocycles. The topological polar surface area (TPSA) is 158 Å². The van der Waals surface area contributed by atoms with Crippen LogP contribution in [0.1, 0.15) is 96.3 Å². The molecule has 4 aliphatic carbocycles. The van der Waals surface area contributed by atoms with E-state index in [2.05, 4.69) is 31.9 Å². The Bertz CT molecular complexity index is 1190. The molecular formula is C32H53CuN8NaO3S. The molecule has 8 bridgehead atoms. The molecule has 46 heavy (non-hydrogen) atoms. The maximum atomic E-state index is 12.2. The van der Waals surface area contributed by atoms with Gasteiger partial charge in [-0.05, 0) is 92.3 Å². The summed E-state index contributed by atoms with van der Waals surface area (Å²) in [6, 6.07) is 0. The second-order valence-corrected chi connectivity index (χ2v) is 17.7. The van der Waals surface area contributed by atoms with Crippen LogP contribution in [0, 0.1) is 47.3 Å². The fourth-order valence-electron chi connectivity index (χ4n) is 12.0. The van der Waals surface area contributed by atoms with Crippen molar-refractivity contribution < 1.29 is 59.6 Å². The van der Waals surface area contributed by atoms with Gasteiger partial charge in [-0.1, -0.05) is 76.0 Å². The van der Waals surface area contributed by atoms with Crippen molar-refractivity contribution in [1.82, 2.24) is 31.9 Å². The minimum Gasteiger partial charge on any atom is -0.748 e. The molecule has 4 saturated carbocycles. The van der Waals surface area contributed by atoms with Gasteiger partial charge in [-0.15, -0.1) is 0 Å². The van der Waals surface area contributed by atoms with Crippen molar-refractivity contribution in [2.24, 2.45) is 47.3 Å². The van der Waals surface area contributed by atoms with E-state index in [1.165, 1.54) is 77.0 Å². The summed E-state index contributed by atoms with van der Waals surface area (Å²) >= 11 is 0. The van der Waals surface area contributed by atoms with Crippen molar-refractivity contribution in [1.29, 1.82) is 0 Å². The molecule has 1 radical (unpaired) electrons. The van der Waals surface area contributed by atoms with Crippen LogP contribution in [-0.2, 0) is 27.2 Å². The SMILES string of the molecule is O=S(=O)([O-])C1CCC2C3[N-]C(NC4[N-]C(NC5NC(NC6NC(N3)C3CCCCC63)C3CCCCC53)C3CCCCC43)C2C1.[Cu+2].[Na+]. The summed E-state index contributed by atoms with van der Waals surface area (Å²) in [6.45, 7) is 0. The number of hydrogen-bond donors (Lipinski definition) is 6. The fraction of sp³-hybridized carbons (Fsp3) is 1.00. The molecule has 0 aromatic carbocycles. The Morgan fingerprint density at radius 1 is 0.457 bits per heavy atom. The molecule has 9 rings (SSSR count). The number of nitrogens with one attached hydrogen (secondary N) is 6.